The number of carbonyl (C=O) groups excluding carboxylic acids is 1. The highest BCUT2D eigenvalue weighted by Crippen LogP contribution is 2.24. The number of carbonyl (C=O) groups is 1. The van der Waals surface area contributed by atoms with Crippen LogP contribution in [-0.2, 0) is 4.79 Å². The first-order valence-corrected chi connectivity index (χ1v) is 3.73. The molecule has 0 fully saturated rings. The van der Waals surface area contributed by atoms with Crippen LogP contribution in [-0.4, -0.2) is 17.5 Å². The van der Waals surface area contributed by atoms with Crippen LogP contribution in [0.15, 0.2) is 18.5 Å². The molecular weight excluding hydrogens is 156 g/mol. The molecule has 1 amide bonds. The number of amides is 1. The molecule has 12 heavy (non-hydrogen) atoms. The summed E-state index contributed by atoms with van der Waals surface area (Å²) in [4.78, 5) is 14.9. The lowest BCUT2D eigenvalue weighted by Crippen LogP contribution is -2.10. The van der Waals surface area contributed by atoms with Gasteiger partial charge in [-0.15, -0.1) is 0 Å². The topological polar surface area (TPSA) is 51.2 Å². The summed E-state index contributed by atoms with van der Waals surface area (Å²) in [5.41, 5.74) is 0.653. The van der Waals surface area contributed by atoms with Gasteiger partial charge in [0.2, 0.25) is 5.91 Å². The normalized spacial score (nSPS) is 15.5. The smallest absolute Gasteiger partial charge is 0.227 e. The molecule has 1 aromatic heterocycles. The minimum atomic E-state index is -0.0262. The molecule has 62 valence electrons. The summed E-state index contributed by atoms with van der Waals surface area (Å²) in [6, 6.07) is 1.74. The summed E-state index contributed by atoms with van der Waals surface area (Å²) in [5, 5.41) is 2.70. The highest BCUT2D eigenvalue weighted by atomic mass is 16.5. The fourth-order valence-electron chi connectivity index (χ4n) is 1.07. The molecule has 0 aromatic carbocycles. The van der Waals surface area contributed by atoms with Gasteiger partial charge in [0.1, 0.15) is 11.4 Å². The van der Waals surface area contributed by atoms with Crippen molar-refractivity contribution in [3.63, 3.8) is 0 Å². The maximum absolute atomic E-state index is 11.0. The van der Waals surface area contributed by atoms with E-state index in [2.05, 4.69) is 10.3 Å². The van der Waals surface area contributed by atoms with Gasteiger partial charge in [0, 0.05) is 12.3 Å². The number of fused-ring (bicyclic) bond motifs is 1. The molecule has 4 nitrogen and oxygen atoms in total. The molecule has 0 radical (unpaired) electrons. The largest absolute Gasteiger partial charge is 0.491 e. The van der Waals surface area contributed by atoms with E-state index in [1.54, 1.807) is 18.5 Å². The lowest BCUT2D eigenvalue weighted by Gasteiger charge is -2.03. The first-order chi connectivity index (χ1) is 5.86. The fraction of sp³-hybridized carbons (Fsp3) is 0.250. The zero-order valence-electron chi connectivity index (χ0n) is 6.41. The Morgan fingerprint density at radius 3 is 3.42 bits per heavy atom. The molecular formula is C8H8N2O2. The number of hydrogen-bond acceptors (Lipinski definition) is 3. The number of pyridine rings is 1. The van der Waals surface area contributed by atoms with E-state index in [-0.39, 0.29) is 5.91 Å². The van der Waals surface area contributed by atoms with Crippen molar-refractivity contribution < 1.29 is 9.53 Å². The average molecular weight is 164 g/mol. The molecule has 1 N–H and O–H groups in total. The quantitative estimate of drug-likeness (QED) is 0.617. The van der Waals surface area contributed by atoms with Gasteiger partial charge in [0.25, 0.3) is 0 Å². The van der Waals surface area contributed by atoms with Gasteiger partial charge in [0.05, 0.1) is 19.2 Å². The first-order valence-electron chi connectivity index (χ1n) is 3.73. The van der Waals surface area contributed by atoms with Crippen LogP contribution in [0.4, 0.5) is 5.69 Å². The van der Waals surface area contributed by atoms with Crippen LogP contribution < -0.4 is 10.1 Å². The van der Waals surface area contributed by atoms with E-state index in [0.717, 1.165) is 0 Å². The van der Waals surface area contributed by atoms with E-state index < -0.39 is 0 Å². The Morgan fingerprint density at radius 2 is 2.50 bits per heavy atom. The standard InChI is InChI=1S/C8H8N2O2/c11-8-2-4-12-7-1-3-9-5-6(7)10-8/h1,3,5H,2,4H2,(H,10,11). The molecule has 1 aromatic rings. The number of nitrogens with zero attached hydrogens (tertiary/aromatic N) is 1. The van der Waals surface area contributed by atoms with Gasteiger partial charge in [0.15, 0.2) is 0 Å². The Kier molecular flexibility index (Phi) is 1.66. The van der Waals surface area contributed by atoms with E-state index in [1.807, 2.05) is 0 Å². The van der Waals surface area contributed by atoms with E-state index in [4.69, 9.17) is 4.74 Å². The molecule has 2 rings (SSSR count). The number of anilines is 1. The third kappa shape index (κ3) is 1.23. The maximum Gasteiger partial charge on any atom is 0.227 e. The molecule has 0 aliphatic carbocycles. The van der Waals surface area contributed by atoms with Crippen LogP contribution in [0.2, 0.25) is 0 Å². The molecule has 0 saturated heterocycles. The summed E-state index contributed by atoms with van der Waals surface area (Å²) in [6.07, 6.45) is 3.61. The van der Waals surface area contributed by atoms with Gasteiger partial charge >= 0.3 is 0 Å². The Balaban J connectivity index is 2.37. The van der Waals surface area contributed by atoms with Crippen LogP contribution in [0, 0.1) is 0 Å². The van der Waals surface area contributed by atoms with Crippen LogP contribution in [0.3, 0.4) is 0 Å². The Morgan fingerprint density at radius 1 is 1.58 bits per heavy atom. The van der Waals surface area contributed by atoms with Gasteiger partial charge in [-0.2, -0.15) is 0 Å². The maximum atomic E-state index is 11.0. The molecule has 0 bridgehead atoms. The number of rotatable bonds is 0. The van der Waals surface area contributed by atoms with Crippen molar-refractivity contribution in [3.05, 3.63) is 18.5 Å². The average Bonchev–Trinajstić information content (AvgIpc) is 2.25. The third-order valence-electron chi connectivity index (χ3n) is 1.64. The summed E-state index contributed by atoms with van der Waals surface area (Å²) >= 11 is 0. The minimum Gasteiger partial charge on any atom is -0.491 e. The van der Waals surface area contributed by atoms with Crippen LogP contribution in [0.25, 0.3) is 0 Å². The Bertz CT molecular complexity index is 312. The predicted octanol–water partition coefficient (Wildman–Crippen LogP) is 0.803. The number of nitrogens with one attached hydrogen (secondary N) is 1. The Hall–Kier alpha value is -1.58. The van der Waals surface area contributed by atoms with Gasteiger partial charge in [-0.1, -0.05) is 0 Å². The highest BCUT2D eigenvalue weighted by Gasteiger charge is 2.12. The summed E-state index contributed by atoms with van der Waals surface area (Å²) in [7, 11) is 0. The zero-order chi connectivity index (χ0) is 8.39. The van der Waals surface area contributed by atoms with Crippen LogP contribution >= 0.6 is 0 Å². The molecule has 2 heterocycles. The van der Waals surface area contributed by atoms with Crippen molar-refractivity contribution in [2.45, 2.75) is 6.42 Å². The van der Waals surface area contributed by atoms with Gasteiger partial charge in [-0.3, -0.25) is 9.78 Å². The molecule has 4 heteroatoms. The van der Waals surface area contributed by atoms with Crippen molar-refractivity contribution in [3.8, 4) is 5.75 Å². The van der Waals surface area contributed by atoms with Crippen molar-refractivity contribution in [2.24, 2.45) is 0 Å². The predicted molar refractivity (Wildman–Crippen MR) is 43.0 cm³/mol. The highest BCUT2D eigenvalue weighted by molar-refractivity contribution is 5.92. The lowest BCUT2D eigenvalue weighted by atomic mass is 10.4. The van der Waals surface area contributed by atoms with Crippen molar-refractivity contribution in [1.82, 2.24) is 4.98 Å². The minimum absolute atomic E-state index is 0.0262. The van der Waals surface area contributed by atoms with E-state index in [0.29, 0.717) is 24.5 Å². The molecule has 0 unspecified atom stereocenters. The molecule has 1 aliphatic rings. The molecule has 0 atom stereocenters. The van der Waals surface area contributed by atoms with Crippen molar-refractivity contribution >= 4 is 11.6 Å². The SMILES string of the molecule is O=C1CCOc2ccncc2N1. The molecule has 0 spiro atoms. The van der Waals surface area contributed by atoms with Crippen LogP contribution in [0.1, 0.15) is 6.42 Å². The zero-order valence-corrected chi connectivity index (χ0v) is 6.41. The van der Waals surface area contributed by atoms with Crippen molar-refractivity contribution in [2.75, 3.05) is 11.9 Å². The first kappa shape index (κ1) is 7.09. The second-order valence-corrected chi connectivity index (χ2v) is 2.52. The number of hydrogen-bond donors (Lipinski definition) is 1. The second kappa shape index (κ2) is 2.81. The number of aromatic nitrogens is 1. The third-order valence-corrected chi connectivity index (χ3v) is 1.64. The number of ether oxygens (including phenoxy) is 1. The monoisotopic (exact) mass is 164 g/mol. The van der Waals surface area contributed by atoms with Gasteiger partial charge < -0.3 is 10.1 Å². The van der Waals surface area contributed by atoms with Crippen molar-refractivity contribution in [1.29, 1.82) is 0 Å². The lowest BCUT2D eigenvalue weighted by molar-refractivity contribution is -0.116. The van der Waals surface area contributed by atoms with E-state index >= 15 is 0 Å². The van der Waals surface area contributed by atoms with E-state index in [1.165, 1.54) is 0 Å². The summed E-state index contributed by atoms with van der Waals surface area (Å²) in [5.74, 6) is 0.664. The summed E-state index contributed by atoms with van der Waals surface area (Å²) < 4.78 is 5.30. The molecule has 0 saturated carbocycles. The van der Waals surface area contributed by atoms with Gasteiger partial charge in [-0.05, 0) is 0 Å². The van der Waals surface area contributed by atoms with Gasteiger partial charge in [-0.25, -0.2) is 0 Å². The second-order valence-electron chi connectivity index (χ2n) is 2.52. The van der Waals surface area contributed by atoms with Crippen LogP contribution in [0.5, 0.6) is 5.75 Å². The molecule has 1 aliphatic heterocycles. The Labute approximate surface area is 69.6 Å². The fourth-order valence-corrected chi connectivity index (χ4v) is 1.07. The summed E-state index contributed by atoms with van der Waals surface area (Å²) in [6.45, 7) is 0.433. The van der Waals surface area contributed by atoms with E-state index in [9.17, 15) is 4.79 Å².